The summed E-state index contributed by atoms with van der Waals surface area (Å²) in [4.78, 5) is 12.8. The van der Waals surface area contributed by atoms with E-state index in [4.69, 9.17) is 9.47 Å². The maximum Gasteiger partial charge on any atom is 0.315 e. The third-order valence-electron chi connectivity index (χ3n) is 5.94. The summed E-state index contributed by atoms with van der Waals surface area (Å²) in [6.45, 7) is 2.95. The minimum atomic E-state index is -0.143. The number of hydrogen-bond acceptors (Lipinski definition) is 3. The largest absolute Gasteiger partial charge is 0.494 e. The summed E-state index contributed by atoms with van der Waals surface area (Å²) in [5.74, 6) is 1.65. The highest BCUT2D eigenvalue weighted by Crippen LogP contribution is 2.17. The minimum absolute atomic E-state index is 0.105. The highest BCUT2D eigenvalue weighted by Gasteiger charge is 2.18. The van der Waals surface area contributed by atoms with Gasteiger partial charge in [-0.2, -0.15) is 0 Å². The van der Waals surface area contributed by atoms with Crippen molar-refractivity contribution in [1.82, 2.24) is 10.6 Å². The van der Waals surface area contributed by atoms with Crippen molar-refractivity contribution in [3.63, 3.8) is 0 Å². The van der Waals surface area contributed by atoms with Crippen molar-refractivity contribution in [3.8, 4) is 11.5 Å². The van der Waals surface area contributed by atoms with Crippen LogP contribution >= 0.6 is 0 Å². The third-order valence-corrected chi connectivity index (χ3v) is 5.94. The monoisotopic (exact) mass is 438 g/mol. The Balaban J connectivity index is 1.52. The third kappa shape index (κ3) is 9.21. The van der Waals surface area contributed by atoms with Gasteiger partial charge in [-0.3, -0.25) is 0 Å². The molecular weight excluding hydrogens is 400 g/mol. The number of benzene rings is 2. The van der Waals surface area contributed by atoms with E-state index in [1.807, 2.05) is 61.5 Å². The highest BCUT2D eigenvalue weighted by molar-refractivity contribution is 5.74. The van der Waals surface area contributed by atoms with Crippen LogP contribution in [0.2, 0.25) is 0 Å². The molecule has 0 heterocycles. The van der Waals surface area contributed by atoms with E-state index in [-0.39, 0.29) is 18.1 Å². The van der Waals surface area contributed by atoms with Crippen LogP contribution < -0.4 is 20.1 Å². The van der Waals surface area contributed by atoms with Crippen LogP contribution in [0.5, 0.6) is 11.5 Å². The SMILES string of the molecule is Cc1cccc(OC[C@H](CCOc2ccccc2)NC(=O)NC2CCCCCCCC2)c1. The number of urea groups is 1. The maximum absolute atomic E-state index is 12.8. The highest BCUT2D eigenvalue weighted by atomic mass is 16.5. The van der Waals surface area contributed by atoms with E-state index in [0.29, 0.717) is 19.6 Å². The van der Waals surface area contributed by atoms with Crippen molar-refractivity contribution in [2.75, 3.05) is 13.2 Å². The lowest BCUT2D eigenvalue weighted by atomic mass is 10.1. The first-order chi connectivity index (χ1) is 15.7. The fourth-order valence-electron chi connectivity index (χ4n) is 4.12. The second kappa shape index (κ2) is 13.7. The lowest BCUT2D eigenvalue weighted by Crippen LogP contribution is -2.48. The Morgan fingerprint density at radius 3 is 2.31 bits per heavy atom. The number of aryl methyl sites for hydroxylation is 1. The van der Waals surface area contributed by atoms with E-state index < -0.39 is 0 Å². The van der Waals surface area contributed by atoms with Crippen LogP contribution in [0.3, 0.4) is 0 Å². The zero-order valence-corrected chi connectivity index (χ0v) is 19.4. The van der Waals surface area contributed by atoms with Crippen molar-refractivity contribution in [2.24, 2.45) is 0 Å². The quantitative estimate of drug-likeness (QED) is 0.504. The molecule has 0 radical (unpaired) electrons. The van der Waals surface area contributed by atoms with Crippen molar-refractivity contribution >= 4 is 6.03 Å². The molecule has 2 amide bonds. The Kier molecular flexibility index (Phi) is 10.2. The van der Waals surface area contributed by atoms with Gasteiger partial charge in [0.15, 0.2) is 0 Å². The molecular formula is C27H38N2O3. The number of nitrogens with one attached hydrogen (secondary N) is 2. The van der Waals surface area contributed by atoms with E-state index >= 15 is 0 Å². The second-order valence-corrected chi connectivity index (χ2v) is 8.79. The molecule has 2 aromatic carbocycles. The first-order valence-electron chi connectivity index (χ1n) is 12.1. The summed E-state index contributed by atoms with van der Waals surface area (Å²) >= 11 is 0. The van der Waals surface area contributed by atoms with Gasteiger partial charge < -0.3 is 20.1 Å². The number of rotatable bonds is 9. The molecule has 3 rings (SSSR count). The van der Waals surface area contributed by atoms with E-state index in [1.54, 1.807) is 0 Å². The molecule has 2 N–H and O–H groups in total. The van der Waals surface area contributed by atoms with E-state index in [0.717, 1.165) is 29.9 Å². The predicted molar refractivity (Wildman–Crippen MR) is 129 cm³/mol. The summed E-state index contributed by atoms with van der Waals surface area (Å²) in [5.41, 5.74) is 1.15. The van der Waals surface area contributed by atoms with Crippen molar-refractivity contribution in [1.29, 1.82) is 0 Å². The van der Waals surface area contributed by atoms with Crippen LogP contribution in [-0.2, 0) is 0 Å². The number of para-hydroxylation sites is 1. The lowest BCUT2D eigenvalue weighted by molar-refractivity contribution is 0.204. The summed E-state index contributed by atoms with van der Waals surface area (Å²) in [6.07, 6.45) is 10.3. The van der Waals surface area contributed by atoms with Gasteiger partial charge in [-0.25, -0.2) is 4.79 Å². The van der Waals surface area contributed by atoms with Crippen molar-refractivity contribution in [2.45, 2.75) is 76.8 Å². The van der Waals surface area contributed by atoms with E-state index in [9.17, 15) is 4.79 Å². The molecule has 32 heavy (non-hydrogen) atoms. The summed E-state index contributed by atoms with van der Waals surface area (Å²) < 4.78 is 11.9. The zero-order chi connectivity index (χ0) is 22.4. The molecule has 0 saturated heterocycles. The molecule has 0 aromatic heterocycles. The van der Waals surface area contributed by atoms with Crippen LogP contribution in [0.1, 0.15) is 63.4 Å². The number of amides is 2. The molecule has 1 fully saturated rings. The Bertz CT molecular complexity index is 786. The molecule has 1 aliphatic rings. The first kappa shape index (κ1) is 24.0. The zero-order valence-electron chi connectivity index (χ0n) is 19.4. The number of carbonyl (C=O) groups excluding carboxylic acids is 1. The molecule has 1 saturated carbocycles. The van der Waals surface area contributed by atoms with Gasteiger partial charge in [-0.1, -0.05) is 68.9 Å². The summed E-state index contributed by atoms with van der Waals surface area (Å²) in [5, 5.41) is 6.35. The summed E-state index contributed by atoms with van der Waals surface area (Å²) in [7, 11) is 0. The van der Waals surface area contributed by atoms with Gasteiger partial charge in [0.2, 0.25) is 0 Å². The van der Waals surface area contributed by atoms with Crippen LogP contribution in [-0.4, -0.2) is 31.3 Å². The molecule has 0 bridgehead atoms. The molecule has 2 aromatic rings. The van der Waals surface area contributed by atoms with Crippen molar-refractivity contribution < 1.29 is 14.3 Å². The number of carbonyl (C=O) groups is 1. The summed E-state index contributed by atoms with van der Waals surface area (Å²) in [6, 6.07) is 17.7. The van der Waals surface area contributed by atoms with Gasteiger partial charge in [0.05, 0.1) is 12.6 Å². The maximum atomic E-state index is 12.8. The Morgan fingerprint density at radius 1 is 0.906 bits per heavy atom. The van der Waals surface area contributed by atoms with Crippen molar-refractivity contribution in [3.05, 3.63) is 60.2 Å². The van der Waals surface area contributed by atoms with Gasteiger partial charge in [0.25, 0.3) is 0 Å². The fraction of sp³-hybridized carbons (Fsp3) is 0.519. The normalized spacial score (nSPS) is 16.2. The average molecular weight is 439 g/mol. The van der Waals surface area contributed by atoms with Gasteiger partial charge in [-0.05, 0) is 49.6 Å². The Labute approximate surface area is 192 Å². The molecule has 0 spiro atoms. The molecule has 0 aliphatic heterocycles. The Morgan fingerprint density at radius 2 is 1.59 bits per heavy atom. The number of ether oxygens (including phenoxy) is 2. The molecule has 5 heteroatoms. The van der Waals surface area contributed by atoms with Crippen LogP contribution in [0.25, 0.3) is 0 Å². The first-order valence-corrected chi connectivity index (χ1v) is 12.1. The topological polar surface area (TPSA) is 59.6 Å². The second-order valence-electron chi connectivity index (χ2n) is 8.79. The van der Waals surface area contributed by atoms with Crippen LogP contribution in [0.15, 0.2) is 54.6 Å². The molecule has 5 nitrogen and oxygen atoms in total. The standard InChI is InChI=1S/C27H38N2O3/c1-22-12-11-17-26(20-22)32-21-24(18-19-31-25-15-9-6-10-16-25)29-27(30)28-23-13-7-4-2-3-5-8-14-23/h6,9-12,15-17,20,23-24H,2-5,7-8,13-14,18-19,21H2,1H3,(H2,28,29,30)/t24-/m0/s1. The Hall–Kier alpha value is -2.69. The fourth-order valence-corrected chi connectivity index (χ4v) is 4.12. The van der Waals surface area contributed by atoms with Crippen LogP contribution in [0.4, 0.5) is 4.79 Å². The predicted octanol–water partition coefficient (Wildman–Crippen LogP) is 6.01. The van der Waals surface area contributed by atoms with Gasteiger partial charge in [0.1, 0.15) is 18.1 Å². The number of hydrogen-bond donors (Lipinski definition) is 2. The smallest absolute Gasteiger partial charge is 0.315 e. The van der Waals surface area contributed by atoms with Gasteiger partial charge >= 0.3 is 6.03 Å². The molecule has 1 aliphatic carbocycles. The lowest BCUT2D eigenvalue weighted by Gasteiger charge is -2.23. The molecule has 0 unspecified atom stereocenters. The average Bonchev–Trinajstić information content (AvgIpc) is 2.92. The van der Waals surface area contributed by atoms with E-state index in [1.165, 1.54) is 38.5 Å². The van der Waals surface area contributed by atoms with Gasteiger partial charge in [-0.15, -0.1) is 0 Å². The van der Waals surface area contributed by atoms with Gasteiger partial charge in [0, 0.05) is 12.5 Å². The van der Waals surface area contributed by atoms with Crippen LogP contribution in [0, 0.1) is 6.92 Å². The minimum Gasteiger partial charge on any atom is -0.494 e. The molecule has 1 atom stereocenters. The molecule has 174 valence electrons. The van der Waals surface area contributed by atoms with E-state index in [2.05, 4.69) is 10.6 Å².